The van der Waals surface area contributed by atoms with Crippen LogP contribution in [0.15, 0.2) is 24.3 Å². The Labute approximate surface area is 129 Å². The molecule has 0 saturated heterocycles. The Morgan fingerprint density at radius 2 is 1.91 bits per heavy atom. The van der Waals surface area contributed by atoms with Gasteiger partial charge < -0.3 is 15.8 Å². The Hall–Kier alpha value is -1.69. The molecule has 1 aromatic carbocycles. The highest BCUT2D eigenvalue weighted by Crippen LogP contribution is 2.28. The second-order valence-electron chi connectivity index (χ2n) is 5.76. The van der Waals surface area contributed by atoms with Gasteiger partial charge in [-0.1, -0.05) is 25.0 Å². The van der Waals surface area contributed by atoms with Gasteiger partial charge in [0.15, 0.2) is 0 Å². The molecule has 0 atom stereocenters. The van der Waals surface area contributed by atoms with E-state index in [2.05, 4.69) is 10.1 Å². The van der Waals surface area contributed by atoms with Crippen LogP contribution in [0, 0.1) is 0 Å². The monoisotopic (exact) mass is 312 g/mol. The largest absolute Gasteiger partial charge is 0.435 e. The molecule has 0 unspecified atom stereocenters. The summed E-state index contributed by atoms with van der Waals surface area (Å²) in [6.45, 7) is -2.35. The van der Waals surface area contributed by atoms with Crippen molar-refractivity contribution >= 4 is 5.91 Å². The number of hydrogen-bond donors (Lipinski definition) is 2. The van der Waals surface area contributed by atoms with Crippen molar-refractivity contribution in [1.29, 1.82) is 0 Å². The van der Waals surface area contributed by atoms with Gasteiger partial charge in [0.05, 0.1) is 5.54 Å². The number of amides is 1. The van der Waals surface area contributed by atoms with Gasteiger partial charge in [0.2, 0.25) is 5.91 Å². The highest BCUT2D eigenvalue weighted by Gasteiger charge is 2.33. The number of aryl methyl sites for hydroxylation is 1. The number of hydrogen-bond acceptors (Lipinski definition) is 3. The molecule has 1 aliphatic rings. The molecule has 122 valence electrons. The van der Waals surface area contributed by atoms with Crippen molar-refractivity contribution in [2.24, 2.45) is 5.73 Å². The van der Waals surface area contributed by atoms with E-state index in [4.69, 9.17) is 5.73 Å². The molecule has 1 aliphatic carbocycles. The molecule has 1 saturated carbocycles. The molecule has 0 radical (unpaired) electrons. The van der Waals surface area contributed by atoms with Gasteiger partial charge in [0, 0.05) is 13.0 Å². The van der Waals surface area contributed by atoms with Crippen molar-refractivity contribution in [1.82, 2.24) is 5.32 Å². The SMILES string of the molecule is NCC1(NC(=O)CCc2ccc(OC(F)F)cc2)CCCC1. The van der Waals surface area contributed by atoms with Crippen molar-refractivity contribution in [2.45, 2.75) is 50.7 Å². The summed E-state index contributed by atoms with van der Waals surface area (Å²) < 4.78 is 28.4. The molecule has 0 aliphatic heterocycles. The number of nitrogens with two attached hydrogens (primary N) is 1. The van der Waals surface area contributed by atoms with E-state index >= 15 is 0 Å². The molecule has 0 spiro atoms. The van der Waals surface area contributed by atoms with Crippen molar-refractivity contribution in [2.75, 3.05) is 6.54 Å². The predicted octanol–water partition coefficient (Wildman–Crippen LogP) is 2.61. The minimum absolute atomic E-state index is 0.0137. The summed E-state index contributed by atoms with van der Waals surface area (Å²) in [7, 11) is 0. The molecular weight excluding hydrogens is 290 g/mol. The summed E-state index contributed by atoms with van der Waals surface area (Å²) in [5.74, 6) is 0.108. The molecule has 0 bridgehead atoms. The van der Waals surface area contributed by atoms with Crippen molar-refractivity contribution in [3.63, 3.8) is 0 Å². The van der Waals surface area contributed by atoms with Gasteiger partial charge in [0.1, 0.15) is 5.75 Å². The lowest BCUT2D eigenvalue weighted by molar-refractivity contribution is -0.122. The summed E-state index contributed by atoms with van der Waals surface area (Å²) in [5, 5.41) is 3.06. The summed E-state index contributed by atoms with van der Waals surface area (Å²) in [6, 6.07) is 6.36. The lowest BCUT2D eigenvalue weighted by atomic mass is 9.97. The van der Waals surface area contributed by atoms with Crippen LogP contribution in [0.5, 0.6) is 5.75 Å². The van der Waals surface area contributed by atoms with E-state index in [1.807, 2.05) is 0 Å². The maximum absolute atomic E-state index is 12.1. The maximum Gasteiger partial charge on any atom is 0.387 e. The highest BCUT2D eigenvalue weighted by molar-refractivity contribution is 5.77. The second kappa shape index (κ2) is 7.54. The fourth-order valence-corrected chi connectivity index (χ4v) is 2.89. The average molecular weight is 312 g/mol. The fraction of sp³-hybridized carbons (Fsp3) is 0.562. The van der Waals surface area contributed by atoms with Crippen LogP contribution >= 0.6 is 0 Å². The molecule has 1 aromatic rings. The number of rotatable bonds is 7. The fourth-order valence-electron chi connectivity index (χ4n) is 2.89. The molecule has 1 amide bonds. The Morgan fingerprint density at radius 3 is 2.45 bits per heavy atom. The first-order valence-corrected chi connectivity index (χ1v) is 7.58. The Balaban J connectivity index is 1.80. The van der Waals surface area contributed by atoms with E-state index in [0.717, 1.165) is 31.2 Å². The lowest BCUT2D eigenvalue weighted by Crippen LogP contribution is -2.51. The Bertz CT molecular complexity index is 485. The van der Waals surface area contributed by atoms with E-state index in [-0.39, 0.29) is 17.2 Å². The van der Waals surface area contributed by atoms with Crippen LogP contribution in [0.4, 0.5) is 8.78 Å². The first-order valence-electron chi connectivity index (χ1n) is 7.58. The normalized spacial score (nSPS) is 16.7. The van der Waals surface area contributed by atoms with Gasteiger partial charge in [-0.05, 0) is 37.0 Å². The molecule has 2 rings (SSSR count). The van der Waals surface area contributed by atoms with E-state index in [1.165, 1.54) is 12.1 Å². The van der Waals surface area contributed by atoms with E-state index in [9.17, 15) is 13.6 Å². The van der Waals surface area contributed by atoms with Crippen LogP contribution in [0.2, 0.25) is 0 Å². The number of ether oxygens (including phenoxy) is 1. The molecule has 1 fully saturated rings. The van der Waals surface area contributed by atoms with Gasteiger partial charge in [-0.2, -0.15) is 8.78 Å². The van der Waals surface area contributed by atoms with E-state index in [0.29, 0.717) is 19.4 Å². The van der Waals surface area contributed by atoms with Crippen LogP contribution in [0.25, 0.3) is 0 Å². The van der Waals surface area contributed by atoms with Gasteiger partial charge in [-0.15, -0.1) is 0 Å². The number of alkyl halides is 2. The molecule has 0 aromatic heterocycles. The minimum Gasteiger partial charge on any atom is -0.435 e. The van der Waals surface area contributed by atoms with Gasteiger partial charge in [-0.3, -0.25) is 4.79 Å². The number of benzene rings is 1. The minimum atomic E-state index is -2.82. The van der Waals surface area contributed by atoms with Crippen molar-refractivity contribution < 1.29 is 18.3 Å². The highest BCUT2D eigenvalue weighted by atomic mass is 19.3. The Morgan fingerprint density at radius 1 is 1.27 bits per heavy atom. The smallest absolute Gasteiger partial charge is 0.387 e. The van der Waals surface area contributed by atoms with E-state index in [1.54, 1.807) is 12.1 Å². The van der Waals surface area contributed by atoms with Gasteiger partial charge in [-0.25, -0.2) is 0 Å². The van der Waals surface area contributed by atoms with Crippen LogP contribution < -0.4 is 15.8 Å². The van der Waals surface area contributed by atoms with E-state index < -0.39 is 6.61 Å². The molecule has 0 heterocycles. The maximum atomic E-state index is 12.1. The summed E-state index contributed by atoms with van der Waals surface area (Å²) in [4.78, 5) is 12.1. The first kappa shape index (κ1) is 16.7. The molecule has 22 heavy (non-hydrogen) atoms. The average Bonchev–Trinajstić information content (AvgIpc) is 2.95. The zero-order chi connectivity index (χ0) is 16.0. The Kier molecular flexibility index (Phi) is 5.71. The zero-order valence-electron chi connectivity index (χ0n) is 12.5. The molecule has 6 heteroatoms. The topological polar surface area (TPSA) is 64.3 Å². The van der Waals surface area contributed by atoms with Crippen molar-refractivity contribution in [3.8, 4) is 5.75 Å². The standard InChI is InChI=1S/C16H22F2N2O2/c17-15(18)22-13-6-3-12(4-7-13)5-8-14(21)20-16(11-19)9-1-2-10-16/h3-4,6-7,15H,1-2,5,8-11,19H2,(H,20,21). The number of nitrogens with one attached hydrogen (secondary N) is 1. The summed E-state index contributed by atoms with van der Waals surface area (Å²) in [5.41, 5.74) is 6.47. The predicted molar refractivity (Wildman–Crippen MR) is 79.8 cm³/mol. The molecular formula is C16H22F2N2O2. The zero-order valence-corrected chi connectivity index (χ0v) is 12.5. The third kappa shape index (κ3) is 4.66. The first-order chi connectivity index (χ1) is 10.5. The van der Waals surface area contributed by atoms with Crippen LogP contribution in [0.1, 0.15) is 37.7 Å². The number of carbonyl (C=O) groups is 1. The van der Waals surface area contributed by atoms with Gasteiger partial charge in [0.25, 0.3) is 0 Å². The summed E-state index contributed by atoms with van der Waals surface area (Å²) >= 11 is 0. The lowest BCUT2D eigenvalue weighted by Gasteiger charge is -2.28. The quantitative estimate of drug-likeness (QED) is 0.813. The van der Waals surface area contributed by atoms with Crippen LogP contribution in [0.3, 0.4) is 0 Å². The third-order valence-corrected chi connectivity index (χ3v) is 4.15. The number of halogens is 2. The van der Waals surface area contributed by atoms with Crippen LogP contribution in [-0.4, -0.2) is 24.6 Å². The molecule has 4 nitrogen and oxygen atoms in total. The number of carbonyl (C=O) groups excluding carboxylic acids is 1. The van der Waals surface area contributed by atoms with Crippen LogP contribution in [-0.2, 0) is 11.2 Å². The third-order valence-electron chi connectivity index (χ3n) is 4.15. The molecule has 3 N–H and O–H groups in total. The van der Waals surface area contributed by atoms with Crippen molar-refractivity contribution in [3.05, 3.63) is 29.8 Å². The summed E-state index contributed by atoms with van der Waals surface area (Å²) in [6.07, 6.45) is 4.99. The second-order valence-corrected chi connectivity index (χ2v) is 5.76. The van der Waals surface area contributed by atoms with Gasteiger partial charge >= 0.3 is 6.61 Å².